The van der Waals surface area contributed by atoms with Crippen LogP contribution in [0.1, 0.15) is 29.3 Å². The van der Waals surface area contributed by atoms with E-state index in [9.17, 15) is 18.8 Å². The average molecular weight is 502 g/mol. The number of nitrogens with zero attached hydrogens (tertiary/aromatic N) is 3. The zero-order valence-electron chi connectivity index (χ0n) is 20.6. The topological polar surface area (TPSA) is 70.2 Å². The van der Waals surface area contributed by atoms with Gasteiger partial charge in [-0.15, -0.1) is 0 Å². The maximum atomic E-state index is 13.2. The lowest BCUT2D eigenvalue weighted by molar-refractivity contribution is -0.123. The number of rotatable bonds is 7. The summed E-state index contributed by atoms with van der Waals surface area (Å²) in [5.74, 6) is -0.211. The quantitative estimate of drug-likeness (QED) is 0.361. The van der Waals surface area contributed by atoms with Crippen molar-refractivity contribution < 1.29 is 23.5 Å². The van der Waals surface area contributed by atoms with Crippen molar-refractivity contribution in [1.82, 2.24) is 4.90 Å². The van der Waals surface area contributed by atoms with Crippen LogP contribution < -0.4 is 14.5 Å². The Morgan fingerprint density at radius 2 is 1.41 bits per heavy atom. The molecule has 5 rings (SSSR count). The molecule has 3 aromatic rings. The first kappa shape index (κ1) is 24.6. The molecule has 37 heavy (non-hydrogen) atoms. The minimum atomic E-state index is -0.461. The molecule has 0 aliphatic carbocycles. The van der Waals surface area contributed by atoms with E-state index in [1.165, 1.54) is 29.2 Å². The second-order valence-corrected chi connectivity index (χ2v) is 9.12. The van der Waals surface area contributed by atoms with Gasteiger partial charge in [0.25, 0.3) is 5.91 Å². The van der Waals surface area contributed by atoms with Crippen LogP contribution in [0, 0.1) is 5.82 Å². The fourth-order valence-corrected chi connectivity index (χ4v) is 4.91. The number of benzene rings is 3. The first-order valence-electron chi connectivity index (χ1n) is 12.4. The monoisotopic (exact) mass is 501 g/mol. The second kappa shape index (κ2) is 10.5. The maximum Gasteiger partial charge on any atom is 0.251 e. The summed E-state index contributed by atoms with van der Waals surface area (Å²) in [5, 5.41) is 0. The fraction of sp³-hybridized carbons (Fsp3) is 0.276. The van der Waals surface area contributed by atoms with Crippen LogP contribution in [0.15, 0.2) is 72.8 Å². The van der Waals surface area contributed by atoms with E-state index in [0.29, 0.717) is 55.3 Å². The Labute approximate surface area is 215 Å². The molecule has 0 aromatic heterocycles. The molecule has 3 aromatic carbocycles. The van der Waals surface area contributed by atoms with E-state index in [-0.39, 0.29) is 29.8 Å². The smallest absolute Gasteiger partial charge is 0.251 e. The van der Waals surface area contributed by atoms with Gasteiger partial charge in [0.2, 0.25) is 5.91 Å². The molecule has 0 spiro atoms. The Bertz CT molecular complexity index is 1280. The standard InChI is InChI=1S/C29H28FN3O4/c1-2-37-25-13-11-24(12-14-25)33-27(34)19-26(29(33)36)32-17-15-31(16-18-32)23-9-5-21(6-10-23)28(35)20-3-7-22(30)8-4-20/h3-14,26H,2,15-19H2,1H3. The zero-order valence-corrected chi connectivity index (χ0v) is 20.6. The second-order valence-electron chi connectivity index (χ2n) is 9.12. The van der Waals surface area contributed by atoms with E-state index in [0.717, 1.165) is 5.69 Å². The number of carbonyl (C=O) groups is 3. The summed E-state index contributed by atoms with van der Waals surface area (Å²) in [6.07, 6.45) is 0.173. The van der Waals surface area contributed by atoms with Crippen molar-refractivity contribution in [2.45, 2.75) is 19.4 Å². The van der Waals surface area contributed by atoms with Crippen LogP contribution in [0.5, 0.6) is 5.75 Å². The Morgan fingerprint density at radius 3 is 2.00 bits per heavy atom. The number of amides is 2. The highest BCUT2D eigenvalue weighted by molar-refractivity contribution is 6.22. The number of hydrogen-bond acceptors (Lipinski definition) is 6. The van der Waals surface area contributed by atoms with Gasteiger partial charge in [-0.2, -0.15) is 0 Å². The molecular weight excluding hydrogens is 473 g/mol. The molecule has 2 saturated heterocycles. The van der Waals surface area contributed by atoms with Crippen LogP contribution in [0.4, 0.5) is 15.8 Å². The van der Waals surface area contributed by atoms with Crippen LogP contribution in [0.2, 0.25) is 0 Å². The molecule has 2 fully saturated rings. The first-order chi connectivity index (χ1) is 17.9. The number of anilines is 2. The van der Waals surface area contributed by atoms with Gasteiger partial charge in [-0.25, -0.2) is 9.29 Å². The molecule has 0 N–H and O–H groups in total. The SMILES string of the molecule is CCOc1ccc(N2C(=O)CC(N3CCN(c4ccc(C(=O)c5ccc(F)cc5)cc4)CC3)C2=O)cc1. The summed E-state index contributed by atoms with van der Waals surface area (Å²) in [4.78, 5) is 44.1. The molecular formula is C29H28FN3O4. The highest BCUT2D eigenvalue weighted by atomic mass is 19.1. The van der Waals surface area contributed by atoms with Crippen molar-refractivity contribution in [2.24, 2.45) is 0 Å². The van der Waals surface area contributed by atoms with E-state index < -0.39 is 6.04 Å². The zero-order chi connectivity index (χ0) is 25.9. The van der Waals surface area contributed by atoms with Gasteiger partial charge in [0, 0.05) is 43.0 Å². The molecule has 8 heteroatoms. The number of hydrogen-bond donors (Lipinski definition) is 0. The molecule has 2 amide bonds. The Morgan fingerprint density at radius 1 is 0.838 bits per heavy atom. The molecule has 1 unspecified atom stereocenters. The van der Waals surface area contributed by atoms with Crippen molar-refractivity contribution >= 4 is 29.0 Å². The number of carbonyl (C=O) groups excluding carboxylic acids is 3. The molecule has 0 radical (unpaired) electrons. The average Bonchev–Trinajstić information content (AvgIpc) is 3.23. The summed E-state index contributed by atoms with van der Waals surface area (Å²) in [6.45, 7) is 5.15. The van der Waals surface area contributed by atoms with Gasteiger partial charge < -0.3 is 9.64 Å². The van der Waals surface area contributed by atoms with Crippen molar-refractivity contribution in [3.63, 3.8) is 0 Å². The van der Waals surface area contributed by atoms with Crippen molar-refractivity contribution in [2.75, 3.05) is 42.6 Å². The lowest BCUT2D eigenvalue weighted by Gasteiger charge is -2.38. The van der Waals surface area contributed by atoms with Gasteiger partial charge in [0.05, 0.1) is 24.8 Å². The maximum absolute atomic E-state index is 13.2. The van der Waals surface area contributed by atoms with Crippen LogP contribution in [-0.2, 0) is 9.59 Å². The van der Waals surface area contributed by atoms with E-state index in [2.05, 4.69) is 9.80 Å². The molecule has 7 nitrogen and oxygen atoms in total. The highest BCUT2D eigenvalue weighted by Gasteiger charge is 2.43. The fourth-order valence-electron chi connectivity index (χ4n) is 4.91. The lowest BCUT2D eigenvalue weighted by atomic mass is 10.0. The van der Waals surface area contributed by atoms with E-state index in [4.69, 9.17) is 4.74 Å². The molecule has 1 atom stereocenters. The van der Waals surface area contributed by atoms with E-state index in [1.54, 1.807) is 36.4 Å². The molecule has 2 heterocycles. The van der Waals surface area contributed by atoms with Gasteiger partial charge >= 0.3 is 0 Å². The normalized spacial score (nSPS) is 18.4. The number of halogens is 1. The molecule has 2 aliphatic heterocycles. The largest absolute Gasteiger partial charge is 0.494 e. The molecule has 190 valence electrons. The first-order valence-corrected chi connectivity index (χ1v) is 12.4. The third-order valence-electron chi connectivity index (χ3n) is 6.88. The van der Waals surface area contributed by atoms with Gasteiger partial charge in [-0.3, -0.25) is 19.3 Å². The predicted molar refractivity (Wildman–Crippen MR) is 139 cm³/mol. The van der Waals surface area contributed by atoms with E-state index >= 15 is 0 Å². The summed E-state index contributed by atoms with van der Waals surface area (Å²) in [5.41, 5.74) is 2.53. The minimum Gasteiger partial charge on any atom is -0.494 e. The van der Waals surface area contributed by atoms with Crippen LogP contribution in [0.3, 0.4) is 0 Å². The van der Waals surface area contributed by atoms with Crippen molar-refractivity contribution in [3.05, 3.63) is 89.7 Å². The van der Waals surface area contributed by atoms with Crippen LogP contribution in [-0.4, -0.2) is 61.3 Å². The summed E-state index contributed by atoms with van der Waals surface area (Å²) in [6, 6.07) is 19.5. The predicted octanol–water partition coefficient (Wildman–Crippen LogP) is 3.91. The summed E-state index contributed by atoms with van der Waals surface area (Å²) < 4.78 is 18.6. The van der Waals surface area contributed by atoms with Gasteiger partial charge in [0.1, 0.15) is 11.6 Å². The Balaban J connectivity index is 1.19. The number of ketones is 1. The highest BCUT2D eigenvalue weighted by Crippen LogP contribution is 2.28. The molecule has 0 saturated carbocycles. The van der Waals surface area contributed by atoms with Crippen LogP contribution in [0.25, 0.3) is 0 Å². The minimum absolute atomic E-state index is 0.155. The number of piperazine rings is 1. The summed E-state index contributed by atoms with van der Waals surface area (Å²) in [7, 11) is 0. The van der Waals surface area contributed by atoms with E-state index in [1.807, 2.05) is 19.1 Å². The number of ether oxygens (including phenoxy) is 1. The third kappa shape index (κ3) is 5.11. The van der Waals surface area contributed by atoms with Crippen molar-refractivity contribution in [3.8, 4) is 5.75 Å². The number of imide groups is 1. The molecule has 2 aliphatic rings. The lowest BCUT2D eigenvalue weighted by Crippen LogP contribution is -2.52. The van der Waals surface area contributed by atoms with Gasteiger partial charge in [0.15, 0.2) is 5.78 Å². The van der Waals surface area contributed by atoms with Crippen molar-refractivity contribution in [1.29, 1.82) is 0 Å². The van der Waals surface area contributed by atoms with Crippen LogP contribution >= 0.6 is 0 Å². The Hall–Kier alpha value is -4.04. The summed E-state index contributed by atoms with van der Waals surface area (Å²) >= 11 is 0. The Kier molecular flexibility index (Phi) is 7.01. The third-order valence-corrected chi connectivity index (χ3v) is 6.88. The van der Waals surface area contributed by atoms with Gasteiger partial charge in [-0.1, -0.05) is 0 Å². The van der Waals surface area contributed by atoms with Gasteiger partial charge in [-0.05, 0) is 79.7 Å². The molecule has 0 bridgehead atoms.